The molecule has 0 amide bonds. The number of halogens is 7. The van der Waals surface area contributed by atoms with Gasteiger partial charge in [0.2, 0.25) is 0 Å². The van der Waals surface area contributed by atoms with Crippen molar-refractivity contribution in [2.45, 2.75) is 11.5 Å². The summed E-state index contributed by atoms with van der Waals surface area (Å²) in [5.74, 6) is 0. The molecule has 0 unspecified atom stereocenters. The number of hydrogen-bond acceptors (Lipinski definition) is 0. The summed E-state index contributed by atoms with van der Waals surface area (Å²) >= 11 is 21.2. The third-order valence-corrected chi connectivity index (χ3v) is 4.80. The van der Waals surface area contributed by atoms with Gasteiger partial charge in [0.05, 0.1) is 20.6 Å². The Labute approximate surface area is 142 Å². The van der Waals surface area contributed by atoms with E-state index in [2.05, 4.69) is 15.9 Å². The molecule has 2 rings (SSSR count). The molecule has 112 valence electrons. The summed E-state index contributed by atoms with van der Waals surface area (Å²) in [4.78, 5) is 0. The van der Waals surface area contributed by atoms with E-state index in [1.165, 1.54) is 12.1 Å². The van der Waals surface area contributed by atoms with Gasteiger partial charge in [-0.05, 0) is 29.3 Å². The second-order valence-electron chi connectivity index (χ2n) is 4.23. The van der Waals surface area contributed by atoms with Crippen LogP contribution in [0.1, 0.15) is 11.1 Å². The van der Waals surface area contributed by atoms with Gasteiger partial charge >= 0.3 is 6.18 Å². The van der Waals surface area contributed by atoms with Crippen molar-refractivity contribution in [2.75, 3.05) is 0 Å². The molecule has 7 heteroatoms. The van der Waals surface area contributed by atoms with Gasteiger partial charge in [-0.1, -0.05) is 62.9 Å². The number of hydrogen-bond donors (Lipinski definition) is 0. The Hall–Kier alpha value is -0.420. The van der Waals surface area contributed by atoms with Crippen LogP contribution in [0.15, 0.2) is 30.3 Å². The van der Waals surface area contributed by atoms with Gasteiger partial charge in [-0.2, -0.15) is 13.2 Å². The summed E-state index contributed by atoms with van der Waals surface area (Å²) in [6.45, 7) is 0. The van der Waals surface area contributed by atoms with Crippen LogP contribution in [-0.2, 0) is 11.5 Å². The monoisotopic (exact) mass is 416 g/mol. The zero-order valence-corrected chi connectivity index (χ0v) is 14.1. The second-order valence-corrected chi connectivity index (χ2v) is 5.95. The standard InChI is InChI=1S/C14H7BrCl3F3/c15-6-7-1-2-8(14(19,20)21)5-10(7)9-3-4-11(16)13(18)12(9)17/h1-5H,6H2. The molecule has 0 bridgehead atoms. The SMILES string of the molecule is FC(F)(F)c1ccc(CBr)c(-c2ccc(Cl)c(Cl)c2Cl)c1. The smallest absolute Gasteiger partial charge is 0.166 e. The highest BCUT2D eigenvalue weighted by atomic mass is 79.9. The van der Waals surface area contributed by atoms with Crippen LogP contribution in [0.5, 0.6) is 0 Å². The van der Waals surface area contributed by atoms with E-state index < -0.39 is 11.7 Å². The quantitative estimate of drug-likeness (QED) is 0.357. The van der Waals surface area contributed by atoms with Crippen molar-refractivity contribution in [2.24, 2.45) is 0 Å². The maximum atomic E-state index is 12.9. The summed E-state index contributed by atoms with van der Waals surface area (Å²) in [6.07, 6.45) is -4.43. The molecule has 0 aliphatic carbocycles. The Bertz CT molecular complexity index is 684. The van der Waals surface area contributed by atoms with E-state index in [9.17, 15) is 13.2 Å². The first-order chi connectivity index (χ1) is 9.75. The molecule has 0 fully saturated rings. The van der Waals surface area contributed by atoms with Crippen molar-refractivity contribution in [3.8, 4) is 11.1 Å². The number of benzene rings is 2. The van der Waals surface area contributed by atoms with Crippen LogP contribution in [0, 0.1) is 0 Å². The van der Waals surface area contributed by atoms with Crippen LogP contribution < -0.4 is 0 Å². The molecule has 0 N–H and O–H groups in total. The van der Waals surface area contributed by atoms with E-state index in [0.29, 0.717) is 22.0 Å². The predicted octanol–water partition coefficient (Wildman–Crippen LogP) is 7.23. The Kier molecular flexibility index (Phi) is 5.14. The van der Waals surface area contributed by atoms with Crippen molar-refractivity contribution in [1.82, 2.24) is 0 Å². The zero-order valence-electron chi connectivity index (χ0n) is 10.2. The molecule has 0 radical (unpaired) electrons. The van der Waals surface area contributed by atoms with Gasteiger partial charge in [0.25, 0.3) is 0 Å². The minimum atomic E-state index is -4.43. The summed E-state index contributed by atoms with van der Waals surface area (Å²) in [7, 11) is 0. The van der Waals surface area contributed by atoms with E-state index in [1.54, 1.807) is 6.07 Å². The first kappa shape index (κ1) is 16.9. The Morgan fingerprint density at radius 3 is 2.14 bits per heavy atom. The van der Waals surface area contributed by atoms with E-state index in [1.807, 2.05) is 0 Å². The average molecular weight is 418 g/mol. The molecule has 0 heterocycles. The van der Waals surface area contributed by atoms with Crippen LogP contribution in [0.3, 0.4) is 0 Å². The molecule has 0 nitrogen and oxygen atoms in total. The normalized spacial score (nSPS) is 11.8. The molecular formula is C14H7BrCl3F3. The van der Waals surface area contributed by atoms with Crippen LogP contribution in [0.2, 0.25) is 15.1 Å². The third-order valence-electron chi connectivity index (χ3n) is 2.91. The lowest BCUT2D eigenvalue weighted by molar-refractivity contribution is -0.137. The lowest BCUT2D eigenvalue weighted by Crippen LogP contribution is -2.05. The van der Waals surface area contributed by atoms with Crippen LogP contribution in [0.4, 0.5) is 13.2 Å². The molecule has 21 heavy (non-hydrogen) atoms. The lowest BCUT2D eigenvalue weighted by atomic mass is 9.98. The van der Waals surface area contributed by atoms with Crippen molar-refractivity contribution in [1.29, 1.82) is 0 Å². The fourth-order valence-electron chi connectivity index (χ4n) is 1.85. The first-order valence-corrected chi connectivity index (χ1v) is 7.91. The summed E-state index contributed by atoms with van der Waals surface area (Å²) in [6, 6.07) is 6.56. The summed E-state index contributed by atoms with van der Waals surface area (Å²) in [5, 5.41) is 0.883. The second kappa shape index (κ2) is 6.37. The van der Waals surface area contributed by atoms with Gasteiger partial charge in [0, 0.05) is 10.9 Å². The Morgan fingerprint density at radius 1 is 0.905 bits per heavy atom. The molecule has 0 saturated carbocycles. The molecule has 0 aromatic heterocycles. The minimum Gasteiger partial charge on any atom is -0.166 e. The topological polar surface area (TPSA) is 0 Å². The molecular weight excluding hydrogens is 411 g/mol. The van der Waals surface area contributed by atoms with E-state index >= 15 is 0 Å². The summed E-state index contributed by atoms with van der Waals surface area (Å²) < 4.78 is 38.6. The van der Waals surface area contributed by atoms with E-state index in [-0.39, 0.29) is 15.1 Å². The molecule has 0 spiro atoms. The molecule has 2 aromatic rings. The fourth-order valence-corrected chi connectivity index (χ4v) is 2.98. The fraction of sp³-hybridized carbons (Fsp3) is 0.143. The third kappa shape index (κ3) is 3.50. The highest BCUT2D eigenvalue weighted by Gasteiger charge is 2.31. The summed E-state index contributed by atoms with van der Waals surface area (Å²) in [5.41, 5.74) is 0.699. The van der Waals surface area contributed by atoms with Crippen LogP contribution in [-0.4, -0.2) is 0 Å². The van der Waals surface area contributed by atoms with Gasteiger partial charge in [-0.3, -0.25) is 0 Å². The average Bonchev–Trinajstić information content (AvgIpc) is 2.43. The van der Waals surface area contributed by atoms with Gasteiger partial charge in [0.1, 0.15) is 0 Å². The van der Waals surface area contributed by atoms with Crippen molar-refractivity contribution in [3.63, 3.8) is 0 Å². The maximum Gasteiger partial charge on any atom is 0.416 e. The van der Waals surface area contributed by atoms with Crippen LogP contribution >= 0.6 is 50.7 Å². The zero-order chi connectivity index (χ0) is 15.8. The lowest BCUT2D eigenvalue weighted by Gasteiger charge is -2.14. The largest absolute Gasteiger partial charge is 0.416 e. The molecule has 0 aliphatic rings. The predicted molar refractivity (Wildman–Crippen MR) is 84.5 cm³/mol. The van der Waals surface area contributed by atoms with Gasteiger partial charge in [-0.15, -0.1) is 0 Å². The molecule has 0 aliphatic heterocycles. The van der Waals surface area contributed by atoms with Crippen molar-refractivity contribution >= 4 is 50.7 Å². The Morgan fingerprint density at radius 2 is 1.57 bits per heavy atom. The first-order valence-electron chi connectivity index (χ1n) is 5.65. The van der Waals surface area contributed by atoms with E-state index in [0.717, 1.165) is 12.1 Å². The maximum absolute atomic E-state index is 12.9. The molecule has 2 aromatic carbocycles. The van der Waals surface area contributed by atoms with Gasteiger partial charge in [-0.25, -0.2) is 0 Å². The molecule has 0 atom stereocenters. The molecule has 0 saturated heterocycles. The van der Waals surface area contributed by atoms with E-state index in [4.69, 9.17) is 34.8 Å². The highest BCUT2D eigenvalue weighted by Crippen LogP contribution is 2.41. The van der Waals surface area contributed by atoms with Crippen LogP contribution in [0.25, 0.3) is 11.1 Å². The highest BCUT2D eigenvalue weighted by molar-refractivity contribution is 9.08. The van der Waals surface area contributed by atoms with Crippen molar-refractivity contribution in [3.05, 3.63) is 56.5 Å². The van der Waals surface area contributed by atoms with Gasteiger partial charge < -0.3 is 0 Å². The number of alkyl halides is 4. The number of rotatable bonds is 2. The Balaban J connectivity index is 2.70. The van der Waals surface area contributed by atoms with Crippen molar-refractivity contribution < 1.29 is 13.2 Å². The van der Waals surface area contributed by atoms with Gasteiger partial charge in [0.15, 0.2) is 0 Å². The minimum absolute atomic E-state index is 0.119.